The average Bonchev–Trinajstić information content (AvgIpc) is 2.88. The smallest absolute Gasteiger partial charge is 0.248 e. The lowest BCUT2D eigenvalue weighted by Gasteiger charge is -2.47. The Kier molecular flexibility index (Phi) is 8.61. The van der Waals surface area contributed by atoms with Crippen LogP contribution in [0.2, 0.25) is 5.02 Å². The van der Waals surface area contributed by atoms with Gasteiger partial charge in [-0.05, 0) is 75.2 Å². The van der Waals surface area contributed by atoms with Gasteiger partial charge in [0.15, 0.2) is 0 Å². The number of piperidine rings is 1. The molecule has 2 aromatic rings. The number of amides is 1. The Labute approximate surface area is 222 Å². The second kappa shape index (κ2) is 11.9. The molecule has 1 saturated carbocycles. The highest BCUT2D eigenvalue weighted by Crippen LogP contribution is 2.48. The van der Waals surface area contributed by atoms with Crippen molar-refractivity contribution in [3.63, 3.8) is 0 Å². The van der Waals surface area contributed by atoms with E-state index in [1.807, 2.05) is 6.08 Å². The van der Waals surface area contributed by atoms with Gasteiger partial charge in [-0.3, -0.25) is 19.7 Å². The lowest BCUT2D eigenvalue weighted by molar-refractivity contribution is -0.111. The van der Waals surface area contributed by atoms with Crippen molar-refractivity contribution in [2.24, 2.45) is 15.4 Å². The monoisotopic (exact) mass is 525 g/mol. The summed E-state index contributed by atoms with van der Waals surface area (Å²) in [6.45, 7) is 6.58. The van der Waals surface area contributed by atoms with Gasteiger partial charge in [0, 0.05) is 37.0 Å². The highest BCUT2D eigenvalue weighted by atomic mass is 35.5. The van der Waals surface area contributed by atoms with E-state index < -0.39 is 5.82 Å². The van der Waals surface area contributed by atoms with Crippen LogP contribution in [0, 0.1) is 11.2 Å². The molecule has 1 amide bonds. The molecular weight excluding hydrogens is 493 g/mol. The Morgan fingerprint density at radius 1 is 1.22 bits per heavy atom. The number of carbonyl (C=O) groups is 1. The third-order valence-corrected chi connectivity index (χ3v) is 7.66. The van der Waals surface area contributed by atoms with Crippen LogP contribution in [-0.4, -0.2) is 57.2 Å². The minimum atomic E-state index is -0.513. The Morgan fingerprint density at radius 2 is 1.97 bits per heavy atom. The second-order valence-electron chi connectivity index (χ2n) is 9.60. The first-order valence-electron chi connectivity index (χ1n) is 12.4. The number of aliphatic imine (C=N–C) groups is 2. The summed E-state index contributed by atoms with van der Waals surface area (Å²) >= 11 is 5.92. The van der Waals surface area contributed by atoms with E-state index in [9.17, 15) is 9.18 Å². The summed E-state index contributed by atoms with van der Waals surface area (Å²) in [5.74, 6) is 0.105. The molecule has 0 aromatic heterocycles. The van der Waals surface area contributed by atoms with Gasteiger partial charge in [-0.15, -0.1) is 0 Å². The summed E-state index contributed by atoms with van der Waals surface area (Å²) in [7, 11) is 3.13. The molecule has 2 N–H and O–H groups in total. The quantitative estimate of drug-likeness (QED) is 0.249. The van der Waals surface area contributed by atoms with Crippen LogP contribution in [0.5, 0.6) is 5.75 Å². The molecule has 2 aliphatic rings. The molecule has 9 heteroatoms. The van der Waals surface area contributed by atoms with Gasteiger partial charge in [-0.25, -0.2) is 4.39 Å². The van der Waals surface area contributed by atoms with Gasteiger partial charge in [0.25, 0.3) is 0 Å². The molecule has 0 atom stereocenters. The molecule has 4 rings (SSSR count). The lowest BCUT2D eigenvalue weighted by Crippen LogP contribution is -2.43. The van der Waals surface area contributed by atoms with E-state index >= 15 is 0 Å². The van der Waals surface area contributed by atoms with Crippen LogP contribution < -0.4 is 15.4 Å². The van der Waals surface area contributed by atoms with Crippen LogP contribution >= 0.6 is 11.6 Å². The standard InChI is InChI=1S/C28H33ClFN5O2/c1-31-23-18-25(37-3)24(17-20(23)27(32-2)33-19-7-8-22(30)21(29)16-19)34-26(36)6-4-13-35-14-11-28(12-15-35)9-5-10-28/h4,6-8,16-18H,1,5,9-15H2,2-3H3,(H,32,33)(H,34,36)/b6-4+. The van der Waals surface area contributed by atoms with Crippen LogP contribution in [-0.2, 0) is 4.79 Å². The molecular formula is C28H33ClFN5O2. The Morgan fingerprint density at radius 3 is 2.57 bits per heavy atom. The predicted octanol–water partition coefficient (Wildman–Crippen LogP) is 6.07. The van der Waals surface area contributed by atoms with Gasteiger partial charge in [-0.1, -0.05) is 24.1 Å². The number of ether oxygens (including phenoxy) is 1. The first-order chi connectivity index (χ1) is 17.9. The highest BCUT2D eigenvalue weighted by molar-refractivity contribution is 6.31. The largest absolute Gasteiger partial charge is 0.494 e. The van der Waals surface area contributed by atoms with Crippen LogP contribution in [0.25, 0.3) is 0 Å². The fourth-order valence-electron chi connectivity index (χ4n) is 4.98. The van der Waals surface area contributed by atoms with Crippen molar-refractivity contribution in [1.82, 2.24) is 4.90 Å². The Hall–Kier alpha value is -3.23. The van der Waals surface area contributed by atoms with Gasteiger partial charge < -0.3 is 15.4 Å². The normalized spacial score (nSPS) is 17.5. The Bertz CT molecular complexity index is 1220. The van der Waals surface area contributed by atoms with Crippen molar-refractivity contribution in [2.75, 3.05) is 44.4 Å². The molecule has 0 radical (unpaired) electrons. The zero-order chi connectivity index (χ0) is 26.4. The van der Waals surface area contributed by atoms with E-state index in [2.05, 4.69) is 32.2 Å². The summed E-state index contributed by atoms with van der Waals surface area (Å²) in [6, 6.07) is 7.69. The van der Waals surface area contributed by atoms with E-state index in [4.69, 9.17) is 16.3 Å². The number of hydrogen-bond acceptors (Lipinski definition) is 5. The van der Waals surface area contributed by atoms with Gasteiger partial charge in [0.2, 0.25) is 5.91 Å². The van der Waals surface area contributed by atoms with Crippen molar-refractivity contribution in [3.05, 3.63) is 58.9 Å². The molecule has 1 heterocycles. The lowest BCUT2D eigenvalue weighted by atomic mass is 9.63. The molecule has 37 heavy (non-hydrogen) atoms. The van der Waals surface area contributed by atoms with Crippen LogP contribution in [0.1, 0.15) is 37.7 Å². The minimum absolute atomic E-state index is 0.0101. The van der Waals surface area contributed by atoms with Crippen LogP contribution in [0.15, 0.2) is 52.5 Å². The number of benzene rings is 2. The van der Waals surface area contributed by atoms with Crippen molar-refractivity contribution >= 4 is 47.1 Å². The van der Waals surface area contributed by atoms with Crippen molar-refractivity contribution in [2.45, 2.75) is 32.1 Å². The molecule has 1 saturated heterocycles. The third kappa shape index (κ3) is 6.37. The molecule has 2 fully saturated rings. The maximum absolute atomic E-state index is 13.6. The predicted molar refractivity (Wildman–Crippen MR) is 149 cm³/mol. The number of carbonyl (C=O) groups excluding carboxylic acids is 1. The maximum atomic E-state index is 13.6. The summed E-state index contributed by atoms with van der Waals surface area (Å²) in [5.41, 5.74) is 2.70. The Balaban J connectivity index is 1.45. The number of likely N-dealkylation sites (tertiary alicyclic amines) is 1. The van der Waals surface area contributed by atoms with Gasteiger partial charge >= 0.3 is 0 Å². The summed E-state index contributed by atoms with van der Waals surface area (Å²) in [6.07, 6.45) is 10.1. The van der Waals surface area contributed by atoms with Crippen molar-refractivity contribution in [1.29, 1.82) is 0 Å². The molecule has 7 nitrogen and oxygen atoms in total. The SMILES string of the molecule is C=Nc1cc(OC)c(NC(=O)/C=C/CN2CCC3(CCC3)CC2)cc1/C(=N\C)Nc1ccc(F)c(Cl)c1. The number of methoxy groups -OCH3 is 1. The van der Waals surface area contributed by atoms with E-state index in [1.165, 1.54) is 51.3 Å². The molecule has 2 aromatic carbocycles. The number of halogens is 2. The summed E-state index contributed by atoms with van der Waals surface area (Å²) < 4.78 is 19.1. The number of hydrogen-bond donors (Lipinski definition) is 2. The van der Waals surface area contributed by atoms with E-state index in [0.29, 0.717) is 39.6 Å². The minimum Gasteiger partial charge on any atom is -0.494 e. The first-order valence-corrected chi connectivity index (χ1v) is 12.8. The zero-order valence-electron chi connectivity index (χ0n) is 21.3. The van der Waals surface area contributed by atoms with Crippen molar-refractivity contribution in [3.8, 4) is 5.75 Å². The van der Waals surface area contributed by atoms with Gasteiger partial charge in [0.1, 0.15) is 17.4 Å². The highest BCUT2D eigenvalue weighted by Gasteiger charge is 2.39. The topological polar surface area (TPSA) is 78.3 Å². The second-order valence-corrected chi connectivity index (χ2v) is 10.0. The van der Waals surface area contributed by atoms with Gasteiger partial charge in [-0.2, -0.15) is 0 Å². The third-order valence-electron chi connectivity index (χ3n) is 7.37. The van der Waals surface area contributed by atoms with E-state index in [1.54, 1.807) is 31.3 Å². The summed E-state index contributed by atoms with van der Waals surface area (Å²) in [5, 5.41) is 6.02. The van der Waals surface area contributed by atoms with Crippen LogP contribution in [0.3, 0.4) is 0 Å². The number of anilines is 2. The average molecular weight is 526 g/mol. The number of nitrogens with one attached hydrogen (secondary N) is 2. The van der Waals surface area contributed by atoms with Crippen LogP contribution in [0.4, 0.5) is 21.5 Å². The fourth-order valence-corrected chi connectivity index (χ4v) is 5.16. The maximum Gasteiger partial charge on any atom is 0.248 e. The molecule has 1 spiro atoms. The molecule has 0 bridgehead atoms. The van der Waals surface area contributed by atoms with E-state index in [0.717, 1.165) is 19.6 Å². The first kappa shape index (κ1) is 26.8. The number of nitrogens with zero attached hydrogens (tertiary/aromatic N) is 3. The van der Waals surface area contributed by atoms with Crippen molar-refractivity contribution < 1.29 is 13.9 Å². The summed E-state index contributed by atoms with van der Waals surface area (Å²) in [4.78, 5) is 23.6. The molecule has 1 aliphatic heterocycles. The van der Waals surface area contributed by atoms with E-state index in [-0.39, 0.29) is 10.9 Å². The number of rotatable bonds is 8. The molecule has 1 aliphatic carbocycles. The van der Waals surface area contributed by atoms with Gasteiger partial charge in [0.05, 0.1) is 23.5 Å². The molecule has 0 unspecified atom stereocenters. The molecule has 196 valence electrons. The number of amidine groups is 1. The fraction of sp³-hybridized carbons (Fsp3) is 0.393. The zero-order valence-corrected chi connectivity index (χ0v) is 22.1.